The molecule has 0 aliphatic rings. The molecule has 18 heteroatoms. The van der Waals surface area contributed by atoms with E-state index in [1.165, 1.54) is 46.7 Å². The third-order valence-electron chi connectivity index (χ3n) is 12.1. The van der Waals surface area contributed by atoms with Crippen LogP contribution in [0.15, 0.2) is 102 Å². The van der Waals surface area contributed by atoms with Crippen molar-refractivity contribution in [3.63, 3.8) is 0 Å². The Morgan fingerprint density at radius 3 is 2.23 bits per heavy atom. The molecule has 0 radical (unpaired) electrons. The number of ketones is 3. The van der Waals surface area contributed by atoms with E-state index in [1.54, 1.807) is 31.5 Å². The number of nitrogens with two attached hydrogens (primary N) is 3. The molecule has 0 saturated carbocycles. The number of nitro benzene ring substituents is 1. The largest absolute Gasteiger partial charge is 0.369 e. The SMILES string of the molecule is Cc1c(-c2ccc([N+](=O)[O-])cc2)n(CC(=O)[C@H](C)NC(=O)[C@H](CC(=O)[C@@H](N)Cc2cnc[nH]2)Cc2c[nH]c3ccccc23)c(=O)n1C(Cc1ccccc1)C(=O)C[C@@H](CCCCN)C(N)=O. The van der Waals surface area contributed by atoms with Gasteiger partial charge in [0.2, 0.25) is 11.8 Å². The number of para-hydroxylation sites is 1. The first-order valence-corrected chi connectivity index (χ1v) is 21.9. The van der Waals surface area contributed by atoms with Crippen LogP contribution in [0.1, 0.15) is 67.6 Å². The van der Waals surface area contributed by atoms with Gasteiger partial charge in [0.1, 0.15) is 6.04 Å². The van der Waals surface area contributed by atoms with Crippen molar-refractivity contribution in [3.8, 4) is 11.3 Å². The maximum absolute atomic E-state index is 14.9. The van der Waals surface area contributed by atoms with Gasteiger partial charge in [-0.15, -0.1) is 0 Å². The molecule has 9 N–H and O–H groups in total. The second-order valence-electron chi connectivity index (χ2n) is 16.8. The van der Waals surface area contributed by atoms with Crippen LogP contribution in [0.25, 0.3) is 22.2 Å². The maximum atomic E-state index is 14.9. The van der Waals surface area contributed by atoms with Gasteiger partial charge in [-0.2, -0.15) is 0 Å². The van der Waals surface area contributed by atoms with Crippen LogP contribution in [-0.4, -0.2) is 76.8 Å². The number of hydrogen-bond donors (Lipinski definition) is 6. The molecule has 3 aromatic carbocycles. The number of hydrogen-bond acceptors (Lipinski definition) is 11. The highest BCUT2D eigenvalue weighted by molar-refractivity contribution is 5.94. The normalized spacial score (nSPS) is 13.7. The van der Waals surface area contributed by atoms with Gasteiger partial charge < -0.3 is 32.5 Å². The third kappa shape index (κ3) is 11.7. The lowest BCUT2D eigenvalue weighted by molar-refractivity contribution is -0.384. The molecule has 0 fully saturated rings. The molecule has 3 heterocycles. The molecule has 0 aliphatic heterocycles. The molecule has 0 saturated heterocycles. The molecule has 3 aromatic heterocycles. The number of amides is 2. The second-order valence-corrected chi connectivity index (χ2v) is 16.8. The fourth-order valence-corrected chi connectivity index (χ4v) is 8.41. The predicted octanol–water partition coefficient (Wildman–Crippen LogP) is 4.17. The van der Waals surface area contributed by atoms with Crippen LogP contribution in [0.2, 0.25) is 0 Å². The number of non-ortho nitro benzene ring substituents is 1. The molecule has 1 unspecified atom stereocenters. The van der Waals surface area contributed by atoms with E-state index in [2.05, 4.69) is 20.3 Å². The summed E-state index contributed by atoms with van der Waals surface area (Å²) >= 11 is 0. The summed E-state index contributed by atoms with van der Waals surface area (Å²) in [4.78, 5) is 105. The minimum Gasteiger partial charge on any atom is -0.369 e. The van der Waals surface area contributed by atoms with E-state index >= 15 is 0 Å². The topological polar surface area (TPSA) is 290 Å². The number of nitrogens with one attached hydrogen (secondary N) is 3. The van der Waals surface area contributed by atoms with Crippen LogP contribution in [-0.2, 0) is 49.8 Å². The number of carbonyl (C=O) groups is 5. The summed E-state index contributed by atoms with van der Waals surface area (Å²) in [6.45, 7) is 2.92. The Morgan fingerprint density at radius 1 is 0.864 bits per heavy atom. The van der Waals surface area contributed by atoms with Gasteiger partial charge in [-0.1, -0.05) is 55.0 Å². The fraction of sp³-hybridized carbons (Fsp3) is 0.354. The van der Waals surface area contributed by atoms with E-state index < -0.39 is 70.5 Å². The number of fused-ring (bicyclic) bond motifs is 1. The summed E-state index contributed by atoms with van der Waals surface area (Å²) in [6, 6.07) is 18.7. The zero-order valence-electron chi connectivity index (χ0n) is 37.0. The maximum Gasteiger partial charge on any atom is 0.329 e. The van der Waals surface area contributed by atoms with Gasteiger partial charge in [-0.25, -0.2) is 9.78 Å². The number of Topliss-reactive ketones (excluding diaryl/α,β-unsaturated/α-hetero) is 3. The predicted molar refractivity (Wildman–Crippen MR) is 248 cm³/mol. The summed E-state index contributed by atoms with van der Waals surface area (Å²) in [7, 11) is 0. The zero-order valence-corrected chi connectivity index (χ0v) is 37.0. The van der Waals surface area contributed by atoms with Crippen molar-refractivity contribution in [2.75, 3.05) is 6.54 Å². The van der Waals surface area contributed by atoms with Crippen LogP contribution >= 0.6 is 0 Å². The molecule has 6 aromatic rings. The van der Waals surface area contributed by atoms with Crippen molar-refractivity contribution in [2.45, 2.75) is 89.9 Å². The Balaban J connectivity index is 1.33. The minimum atomic E-state index is -1.18. The lowest BCUT2D eigenvalue weighted by Gasteiger charge is -2.21. The zero-order chi connectivity index (χ0) is 47.5. The lowest BCUT2D eigenvalue weighted by atomic mass is 9.90. The Hall–Kier alpha value is -7.31. The van der Waals surface area contributed by atoms with Gasteiger partial charge in [0.25, 0.3) is 5.69 Å². The molecule has 66 heavy (non-hydrogen) atoms. The van der Waals surface area contributed by atoms with Gasteiger partial charge in [0.05, 0.1) is 35.6 Å². The highest BCUT2D eigenvalue weighted by Gasteiger charge is 2.34. The number of aromatic amines is 2. The number of nitrogens with zero attached hydrogens (tertiary/aromatic N) is 4. The van der Waals surface area contributed by atoms with Gasteiger partial charge in [-0.05, 0) is 69.0 Å². The average molecular weight is 901 g/mol. The molecular weight excluding hydrogens is 845 g/mol. The van der Waals surface area contributed by atoms with Crippen LogP contribution in [0.4, 0.5) is 5.69 Å². The first-order valence-electron chi connectivity index (χ1n) is 21.9. The number of H-pyrrole nitrogens is 2. The highest BCUT2D eigenvalue weighted by Crippen LogP contribution is 2.30. The van der Waals surface area contributed by atoms with Crippen LogP contribution in [0.5, 0.6) is 0 Å². The molecular formula is C48H56N10O8. The molecule has 346 valence electrons. The first kappa shape index (κ1) is 48.2. The molecule has 5 atom stereocenters. The second kappa shape index (κ2) is 22.1. The summed E-state index contributed by atoms with van der Waals surface area (Å²) < 4.78 is 2.50. The highest BCUT2D eigenvalue weighted by atomic mass is 16.6. The van der Waals surface area contributed by atoms with Crippen molar-refractivity contribution >= 4 is 45.8 Å². The van der Waals surface area contributed by atoms with E-state index in [0.717, 1.165) is 22.0 Å². The number of nitro groups is 1. The van der Waals surface area contributed by atoms with Crippen molar-refractivity contribution < 1.29 is 28.9 Å². The summed E-state index contributed by atoms with van der Waals surface area (Å²) in [5, 5.41) is 15.3. The Kier molecular flexibility index (Phi) is 16.1. The lowest BCUT2D eigenvalue weighted by Crippen LogP contribution is -2.46. The van der Waals surface area contributed by atoms with Gasteiger partial charge in [0, 0.05) is 89.9 Å². The Labute approximate surface area is 380 Å². The Bertz CT molecular complexity index is 2720. The first-order chi connectivity index (χ1) is 31.7. The monoisotopic (exact) mass is 900 g/mol. The molecule has 6 rings (SSSR count). The summed E-state index contributed by atoms with van der Waals surface area (Å²) in [5.74, 6) is -4.37. The molecule has 0 bridgehead atoms. The van der Waals surface area contributed by atoms with E-state index in [-0.39, 0.29) is 55.0 Å². The fourth-order valence-electron chi connectivity index (χ4n) is 8.41. The van der Waals surface area contributed by atoms with Crippen LogP contribution in [0, 0.1) is 28.9 Å². The van der Waals surface area contributed by atoms with E-state index in [4.69, 9.17) is 17.2 Å². The van der Waals surface area contributed by atoms with Crippen LogP contribution < -0.4 is 28.2 Å². The smallest absolute Gasteiger partial charge is 0.329 e. The van der Waals surface area contributed by atoms with Gasteiger partial charge >= 0.3 is 5.69 Å². The minimum absolute atomic E-state index is 0.0565. The van der Waals surface area contributed by atoms with Gasteiger partial charge in [-0.3, -0.25) is 43.2 Å². The number of primary amides is 1. The standard InChI is InChI=1S/C48H56N10O8/c1-29(55-47(63)34(21-35-25-53-40-14-7-6-13-38(35)40)23-42(59)39(50)24-36-26-52-28-54-36)44(61)27-56-45(32-15-17-37(18-16-32)58(65)66)30(2)57(48(56)64)41(20-31-10-4-3-5-11-31)43(60)22-33(46(51)62)12-8-9-19-49/h3-7,10-11,13-18,25-26,28-29,33-34,39,41,53H,8-9,12,19-24,27,49-50H2,1-2H3,(H2,51,62)(H,52,54)(H,55,63)/t29-,33+,34-,39-,41?/m0/s1. The van der Waals surface area contributed by atoms with Crippen molar-refractivity contribution in [1.82, 2.24) is 29.4 Å². The van der Waals surface area contributed by atoms with Crippen LogP contribution in [0.3, 0.4) is 0 Å². The summed E-state index contributed by atoms with van der Waals surface area (Å²) in [6.07, 6.45) is 6.24. The average Bonchev–Trinajstić information content (AvgIpc) is 4.03. The van der Waals surface area contributed by atoms with Crippen molar-refractivity contribution in [2.24, 2.45) is 29.0 Å². The number of aromatic nitrogens is 5. The molecule has 0 aliphatic carbocycles. The molecule has 2 amide bonds. The molecule has 0 spiro atoms. The van der Waals surface area contributed by atoms with E-state index in [0.29, 0.717) is 37.1 Å². The molecule has 18 nitrogen and oxygen atoms in total. The number of carbonyl (C=O) groups excluding carboxylic acids is 5. The van der Waals surface area contributed by atoms with Crippen molar-refractivity contribution in [1.29, 1.82) is 0 Å². The number of rotatable bonds is 25. The Morgan fingerprint density at radius 2 is 1.56 bits per heavy atom. The van der Waals surface area contributed by atoms with Gasteiger partial charge in [0.15, 0.2) is 17.3 Å². The van der Waals surface area contributed by atoms with Crippen molar-refractivity contribution in [3.05, 3.63) is 141 Å². The van der Waals surface area contributed by atoms with E-state index in [1.807, 2.05) is 42.5 Å². The summed E-state index contributed by atoms with van der Waals surface area (Å²) in [5.41, 5.74) is 20.7. The third-order valence-corrected chi connectivity index (χ3v) is 12.1. The quantitative estimate of drug-likeness (QED) is 0.0269. The number of benzene rings is 3. The number of unbranched alkanes of at least 4 members (excludes halogenated alkanes) is 1. The van der Waals surface area contributed by atoms with E-state index in [9.17, 15) is 38.9 Å². The number of imidazole rings is 2.